The minimum Gasteiger partial charge on any atom is -0.504 e. The fourth-order valence-electron chi connectivity index (χ4n) is 9.85. The first-order valence-electron chi connectivity index (χ1n) is 13.4. The Balaban J connectivity index is 1.46. The molecule has 33 heavy (non-hydrogen) atoms. The fourth-order valence-corrected chi connectivity index (χ4v) is 9.85. The van der Waals surface area contributed by atoms with Gasteiger partial charge in [0.1, 0.15) is 11.7 Å². The molecule has 8 rings (SSSR count). The lowest BCUT2D eigenvalue weighted by atomic mass is 9.30. The number of aromatic hydroxyl groups is 1. The van der Waals surface area contributed by atoms with Crippen LogP contribution in [0.15, 0.2) is 12.1 Å². The van der Waals surface area contributed by atoms with Crippen molar-refractivity contribution in [3.05, 3.63) is 23.3 Å². The van der Waals surface area contributed by atoms with E-state index in [4.69, 9.17) is 4.74 Å². The van der Waals surface area contributed by atoms with Gasteiger partial charge >= 0.3 is 0 Å². The molecule has 5 fully saturated rings. The quantitative estimate of drug-likeness (QED) is 0.597. The Morgan fingerprint density at radius 3 is 2.52 bits per heavy atom. The molecule has 2 spiro atoms. The SMILES string of the molecule is CC(C)(C)C(C)(O)[C@H]1C[C@@]23CC[C@]1(O)[C@@H]1Oc4c(O)ccc5c4[C@@]12CC[C@@H](CC1CC1)[C@@H]3C5. The van der Waals surface area contributed by atoms with Crippen molar-refractivity contribution in [2.45, 2.75) is 108 Å². The molecule has 3 N–H and O–H groups in total. The van der Waals surface area contributed by atoms with Crippen LogP contribution in [0.5, 0.6) is 11.5 Å². The Kier molecular flexibility index (Phi) is 3.78. The average molecular weight is 453 g/mol. The molecule has 1 aromatic rings. The van der Waals surface area contributed by atoms with Crippen LogP contribution in [0.25, 0.3) is 0 Å². The third kappa shape index (κ3) is 2.23. The van der Waals surface area contributed by atoms with E-state index in [9.17, 15) is 15.3 Å². The molecule has 0 amide bonds. The minimum atomic E-state index is -1.09. The van der Waals surface area contributed by atoms with E-state index in [1.54, 1.807) is 6.07 Å². The van der Waals surface area contributed by atoms with Gasteiger partial charge in [0.05, 0.1) is 5.60 Å². The topological polar surface area (TPSA) is 69.9 Å². The Morgan fingerprint density at radius 2 is 1.82 bits per heavy atom. The monoisotopic (exact) mass is 452 g/mol. The zero-order valence-electron chi connectivity index (χ0n) is 20.7. The Labute approximate surface area is 197 Å². The maximum Gasteiger partial charge on any atom is 0.165 e. The van der Waals surface area contributed by atoms with Gasteiger partial charge < -0.3 is 20.1 Å². The lowest BCUT2D eigenvalue weighted by Crippen LogP contribution is -2.80. The van der Waals surface area contributed by atoms with Crippen molar-refractivity contribution in [3.63, 3.8) is 0 Å². The Morgan fingerprint density at radius 1 is 1.06 bits per heavy atom. The normalized spacial score (nSPS) is 46.5. The van der Waals surface area contributed by atoms with Gasteiger partial charge in [-0.2, -0.15) is 0 Å². The van der Waals surface area contributed by atoms with Crippen molar-refractivity contribution in [3.8, 4) is 11.5 Å². The number of ether oxygens (including phenoxy) is 1. The summed E-state index contributed by atoms with van der Waals surface area (Å²) in [6.07, 6.45) is 9.63. The second-order valence-corrected chi connectivity index (χ2v) is 14.0. The molecule has 1 unspecified atom stereocenters. The molecular formula is C29H40O4. The standard InChI is InChI=1S/C29H40O4/c1-25(2,3)26(4,31)21-15-27-11-12-29(21,32)24-28(27)10-9-17(13-16-5-6-16)19(27)14-18-7-8-20(30)23(33-24)22(18)28/h7-8,16-17,19,21,24,30-32H,5-6,9-15H2,1-4H3/t17-,19-,21+,24+,26?,27+,28-,29+/m0/s1. The molecule has 6 aliphatic carbocycles. The van der Waals surface area contributed by atoms with Crippen LogP contribution in [-0.4, -0.2) is 32.6 Å². The second kappa shape index (κ2) is 5.93. The van der Waals surface area contributed by atoms with Crippen molar-refractivity contribution in [2.24, 2.45) is 34.5 Å². The molecular weight excluding hydrogens is 412 g/mol. The molecule has 4 heteroatoms. The predicted molar refractivity (Wildman–Crippen MR) is 126 cm³/mol. The summed E-state index contributed by atoms with van der Waals surface area (Å²) in [5.41, 5.74) is -0.0884. The number of rotatable bonds is 3. The van der Waals surface area contributed by atoms with Gasteiger partial charge in [-0.05, 0) is 92.1 Å². The molecule has 4 bridgehead atoms. The zero-order chi connectivity index (χ0) is 23.2. The lowest BCUT2D eigenvalue weighted by molar-refractivity contribution is -0.307. The maximum atomic E-state index is 12.5. The highest BCUT2D eigenvalue weighted by Crippen LogP contribution is 2.80. The number of hydrogen-bond donors (Lipinski definition) is 3. The summed E-state index contributed by atoms with van der Waals surface area (Å²) in [6.45, 7) is 8.23. The highest BCUT2D eigenvalue weighted by atomic mass is 16.5. The first-order chi connectivity index (χ1) is 15.5. The molecule has 7 aliphatic rings. The van der Waals surface area contributed by atoms with Crippen molar-refractivity contribution >= 4 is 0 Å². The summed E-state index contributed by atoms with van der Waals surface area (Å²) in [7, 11) is 0. The molecule has 1 aliphatic heterocycles. The molecule has 8 atom stereocenters. The van der Waals surface area contributed by atoms with Gasteiger partial charge in [-0.3, -0.25) is 0 Å². The molecule has 4 nitrogen and oxygen atoms in total. The fraction of sp³-hybridized carbons (Fsp3) is 0.793. The van der Waals surface area contributed by atoms with Gasteiger partial charge in [0.2, 0.25) is 0 Å². The summed E-state index contributed by atoms with van der Waals surface area (Å²) in [5.74, 6) is 2.82. The summed E-state index contributed by atoms with van der Waals surface area (Å²) in [6, 6.07) is 3.94. The highest BCUT2D eigenvalue weighted by Gasteiger charge is 2.81. The van der Waals surface area contributed by atoms with E-state index in [-0.39, 0.29) is 34.0 Å². The average Bonchev–Trinajstić information content (AvgIpc) is 3.48. The summed E-state index contributed by atoms with van der Waals surface area (Å²) in [5, 5.41) is 35.4. The van der Waals surface area contributed by atoms with E-state index in [1.807, 2.05) is 6.92 Å². The van der Waals surface area contributed by atoms with Crippen LogP contribution in [0, 0.1) is 34.5 Å². The molecule has 1 aromatic carbocycles. The number of aliphatic hydroxyl groups is 2. The summed E-state index contributed by atoms with van der Waals surface area (Å²) < 4.78 is 6.70. The van der Waals surface area contributed by atoms with Crippen LogP contribution in [0.2, 0.25) is 0 Å². The number of phenols is 1. The Bertz CT molecular complexity index is 1030. The Hall–Kier alpha value is -1.26. The number of benzene rings is 1. The van der Waals surface area contributed by atoms with Crippen molar-refractivity contribution in [1.82, 2.24) is 0 Å². The predicted octanol–water partition coefficient (Wildman–Crippen LogP) is 5.10. The first kappa shape index (κ1) is 21.1. The lowest BCUT2D eigenvalue weighted by Gasteiger charge is -2.74. The molecule has 0 saturated heterocycles. The summed E-state index contributed by atoms with van der Waals surface area (Å²) in [4.78, 5) is 0. The number of phenolic OH excluding ortho intramolecular Hbond substituents is 1. The van der Waals surface area contributed by atoms with Crippen LogP contribution in [0.3, 0.4) is 0 Å². The van der Waals surface area contributed by atoms with Gasteiger partial charge in [0, 0.05) is 16.9 Å². The maximum absolute atomic E-state index is 12.5. The van der Waals surface area contributed by atoms with E-state index in [2.05, 4.69) is 26.8 Å². The van der Waals surface area contributed by atoms with Crippen molar-refractivity contribution < 1.29 is 20.1 Å². The van der Waals surface area contributed by atoms with E-state index in [0.717, 1.165) is 37.5 Å². The van der Waals surface area contributed by atoms with Gasteiger partial charge in [-0.1, -0.05) is 39.7 Å². The number of hydrogen-bond acceptors (Lipinski definition) is 4. The van der Waals surface area contributed by atoms with E-state index < -0.39 is 11.2 Å². The van der Waals surface area contributed by atoms with E-state index >= 15 is 0 Å². The van der Waals surface area contributed by atoms with E-state index in [1.165, 1.54) is 36.8 Å². The molecule has 1 heterocycles. The zero-order valence-corrected chi connectivity index (χ0v) is 20.7. The van der Waals surface area contributed by atoms with Crippen molar-refractivity contribution in [1.29, 1.82) is 0 Å². The molecule has 0 aromatic heterocycles. The van der Waals surface area contributed by atoms with Crippen LogP contribution in [0.1, 0.15) is 90.2 Å². The van der Waals surface area contributed by atoms with E-state index in [0.29, 0.717) is 18.1 Å². The van der Waals surface area contributed by atoms with Crippen LogP contribution in [0.4, 0.5) is 0 Å². The van der Waals surface area contributed by atoms with Gasteiger partial charge in [-0.15, -0.1) is 0 Å². The van der Waals surface area contributed by atoms with Crippen LogP contribution < -0.4 is 4.74 Å². The van der Waals surface area contributed by atoms with Crippen molar-refractivity contribution in [2.75, 3.05) is 0 Å². The van der Waals surface area contributed by atoms with Gasteiger partial charge in [0.15, 0.2) is 11.5 Å². The molecule has 180 valence electrons. The molecule has 0 radical (unpaired) electrons. The number of fused-ring (bicyclic) bond motifs is 2. The van der Waals surface area contributed by atoms with Gasteiger partial charge in [0.25, 0.3) is 0 Å². The smallest absolute Gasteiger partial charge is 0.165 e. The first-order valence-corrected chi connectivity index (χ1v) is 13.4. The second-order valence-electron chi connectivity index (χ2n) is 14.0. The van der Waals surface area contributed by atoms with Crippen LogP contribution in [-0.2, 0) is 11.8 Å². The third-order valence-electron chi connectivity index (χ3n) is 12.0. The largest absolute Gasteiger partial charge is 0.504 e. The summed E-state index contributed by atoms with van der Waals surface area (Å²) >= 11 is 0. The highest BCUT2D eigenvalue weighted by molar-refractivity contribution is 5.62. The molecule has 5 saturated carbocycles. The van der Waals surface area contributed by atoms with Gasteiger partial charge in [-0.25, -0.2) is 0 Å². The minimum absolute atomic E-state index is 0.0336. The third-order valence-corrected chi connectivity index (χ3v) is 12.0. The van der Waals surface area contributed by atoms with Crippen LogP contribution >= 0.6 is 0 Å².